The van der Waals surface area contributed by atoms with Crippen molar-refractivity contribution in [2.24, 2.45) is 11.8 Å². The highest BCUT2D eigenvalue weighted by atomic mass is 16.2. The zero-order chi connectivity index (χ0) is 17.6. The summed E-state index contributed by atoms with van der Waals surface area (Å²) in [5.41, 5.74) is 1.85. The van der Waals surface area contributed by atoms with Crippen LogP contribution in [0.5, 0.6) is 0 Å². The fourth-order valence-corrected chi connectivity index (χ4v) is 3.74. The lowest BCUT2D eigenvalue weighted by molar-refractivity contribution is -0.126. The molecule has 2 amide bonds. The number of likely N-dealkylation sites (tertiary alicyclic amines) is 1. The molecule has 0 bridgehead atoms. The molecule has 2 fully saturated rings. The van der Waals surface area contributed by atoms with Crippen LogP contribution < -0.4 is 10.6 Å². The third-order valence-electron chi connectivity index (χ3n) is 5.34. The van der Waals surface area contributed by atoms with Crippen LogP contribution in [0.4, 0.5) is 0 Å². The maximum absolute atomic E-state index is 12.7. The summed E-state index contributed by atoms with van der Waals surface area (Å²) in [5.74, 6) is 0.590. The van der Waals surface area contributed by atoms with Crippen molar-refractivity contribution in [3.05, 3.63) is 35.4 Å². The van der Waals surface area contributed by atoms with Crippen molar-refractivity contribution >= 4 is 11.8 Å². The molecule has 1 aromatic rings. The fraction of sp³-hybridized carbons (Fsp3) is 0.600. The molecular formula is C20H29N3O2. The van der Waals surface area contributed by atoms with Crippen LogP contribution in [-0.4, -0.2) is 49.4 Å². The Morgan fingerprint density at radius 3 is 2.72 bits per heavy atom. The van der Waals surface area contributed by atoms with Gasteiger partial charge in [-0.3, -0.25) is 9.59 Å². The van der Waals surface area contributed by atoms with Crippen LogP contribution in [-0.2, 0) is 4.79 Å². The first-order valence-electron chi connectivity index (χ1n) is 9.48. The van der Waals surface area contributed by atoms with Crippen molar-refractivity contribution in [3.63, 3.8) is 0 Å². The number of rotatable bonds is 4. The molecule has 0 radical (unpaired) electrons. The van der Waals surface area contributed by atoms with Gasteiger partial charge in [0.2, 0.25) is 5.91 Å². The minimum absolute atomic E-state index is 0.0361. The molecule has 1 aromatic carbocycles. The predicted molar refractivity (Wildman–Crippen MR) is 98.4 cm³/mol. The Balaban J connectivity index is 1.52. The standard InChI is InChI=1S/C20H29N3O2/c1-15-6-8-17(9-7-15)20(25)23-11-3-5-18(14-23)19(24)22-13-16-4-2-10-21-12-16/h6-9,16,18,21H,2-5,10-14H2,1H3,(H,22,24). The van der Waals surface area contributed by atoms with E-state index in [1.807, 2.05) is 36.1 Å². The summed E-state index contributed by atoms with van der Waals surface area (Å²) in [7, 11) is 0. The van der Waals surface area contributed by atoms with Crippen LogP contribution in [0.15, 0.2) is 24.3 Å². The van der Waals surface area contributed by atoms with Crippen molar-refractivity contribution < 1.29 is 9.59 Å². The van der Waals surface area contributed by atoms with Crippen molar-refractivity contribution in [1.29, 1.82) is 0 Å². The SMILES string of the molecule is Cc1ccc(C(=O)N2CCCC(C(=O)NCC3CCCNC3)C2)cc1. The highest BCUT2D eigenvalue weighted by molar-refractivity contribution is 5.94. The van der Waals surface area contributed by atoms with Crippen LogP contribution in [0.25, 0.3) is 0 Å². The topological polar surface area (TPSA) is 61.4 Å². The second-order valence-corrected chi connectivity index (χ2v) is 7.41. The Hall–Kier alpha value is -1.88. The Morgan fingerprint density at radius 1 is 1.20 bits per heavy atom. The molecule has 0 aromatic heterocycles. The fourth-order valence-electron chi connectivity index (χ4n) is 3.74. The maximum Gasteiger partial charge on any atom is 0.253 e. The van der Waals surface area contributed by atoms with Crippen LogP contribution in [0.3, 0.4) is 0 Å². The molecule has 2 saturated heterocycles. The van der Waals surface area contributed by atoms with E-state index in [9.17, 15) is 9.59 Å². The third-order valence-corrected chi connectivity index (χ3v) is 5.34. The first-order valence-corrected chi connectivity index (χ1v) is 9.48. The van der Waals surface area contributed by atoms with Gasteiger partial charge >= 0.3 is 0 Å². The van der Waals surface area contributed by atoms with E-state index < -0.39 is 0 Å². The number of benzene rings is 1. The molecule has 2 N–H and O–H groups in total. The van der Waals surface area contributed by atoms with Crippen LogP contribution in [0.2, 0.25) is 0 Å². The number of aryl methyl sites for hydroxylation is 1. The molecule has 5 nitrogen and oxygen atoms in total. The molecule has 2 heterocycles. The summed E-state index contributed by atoms with van der Waals surface area (Å²) in [5, 5.41) is 6.49. The smallest absolute Gasteiger partial charge is 0.253 e. The number of nitrogens with one attached hydrogen (secondary N) is 2. The van der Waals surface area contributed by atoms with Gasteiger partial charge in [0.25, 0.3) is 5.91 Å². The first kappa shape index (κ1) is 17.9. The lowest BCUT2D eigenvalue weighted by Gasteiger charge is -2.32. The van der Waals surface area contributed by atoms with E-state index in [1.165, 1.54) is 12.8 Å². The average Bonchev–Trinajstić information content (AvgIpc) is 2.67. The minimum atomic E-state index is -0.0836. The zero-order valence-corrected chi connectivity index (χ0v) is 15.1. The summed E-state index contributed by atoms with van der Waals surface area (Å²) < 4.78 is 0. The number of hydrogen-bond donors (Lipinski definition) is 2. The lowest BCUT2D eigenvalue weighted by Crippen LogP contribution is -2.47. The monoisotopic (exact) mass is 343 g/mol. The molecular weight excluding hydrogens is 314 g/mol. The van der Waals surface area contributed by atoms with Gasteiger partial charge in [-0.2, -0.15) is 0 Å². The first-order chi connectivity index (χ1) is 12.1. The van der Waals surface area contributed by atoms with E-state index in [0.29, 0.717) is 18.0 Å². The molecule has 0 spiro atoms. The van der Waals surface area contributed by atoms with E-state index in [4.69, 9.17) is 0 Å². The predicted octanol–water partition coefficient (Wildman–Crippen LogP) is 1.96. The number of hydrogen-bond acceptors (Lipinski definition) is 3. The molecule has 136 valence electrons. The summed E-state index contributed by atoms with van der Waals surface area (Å²) in [6, 6.07) is 7.66. The molecule has 0 saturated carbocycles. The molecule has 2 aliphatic heterocycles. The second-order valence-electron chi connectivity index (χ2n) is 7.41. The quantitative estimate of drug-likeness (QED) is 0.879. The minimum Gasteiger partial charge on any atom is -0.355 e. The van der Waals surface area contributed by atoms with Gasteiger partial charge in [-0.25, -0.2) is 0 Å². The molecule has 2 unspecified atom stereocenters. The molecule has 3 rings (SSSR count). The summed E-state index contributed by atoms with van der Waals surface area (Å²) in [4.78, 5) is 27.0. The largest absolute Gasteiger partial charge is 0.355 e. The van der Waals surface area contributed by atoms with Crippen molar-refractivity contribution in [2.75, 3.05) is 32.7 Å². The Morgan fingerprint density at radius 2 is 2.00 bits per heavy atom. The van der Waals surface area contributed by atoms with Gasteiger partial charge in [-0.15, -0.1) is 0 Å². The van der Waals surface area contributed by atoms with Crippen molar-refractivity contribution in [1.82, 2.24) is 15.5 Å². The summed E-state index contributed by atoms with van der Waals surface area (Å²) in [6.45, 7) is 6.10. The third kappa shape index (κ3) is 4.82. The van der Waals surface area contributed by atoms with Gasteiger partial charge in [0.15, 0.2) is 0 Å². The molecule has 0 aliphatic carbocycles. The zero-order valence-electron chi connectivity index (χ0n) is 15.1. The van der Waals surface area contributed by atoms with E-state index in [0.717, 1.165) is 44.6 Å². The van der Waals surface area contributed by atoms with Crippen LogP contribution >= 0.6 is 0 Å². The van der Waals surface area contributed by atoms with Gasteiger partial charge in [0, 0.05) is 25.2 Å². The molecule has 2 atom stereocenters. The maximum atomic E-state index is 12.7. The van der Waals surface area contributed by atoms with E-state index in [2.05, 4.69) is 10.6 Å². The summed E-state index contributed by atoms with van der Waals surface area (Å²) >= 11 is 0. The molecule has 5 heteroatoms. The van der Waals surface area contributed by atoms with Gasteiger partial charge in [0.1, 0.15) is 0 Å². The van der Waals surface area contributed by atoms with Crippen LogP contribution in [0.1, 0.15) is 41.6 Å². The molecule has 25 heavy (non-hydrogen) atoms. The Kier molecular flexibility index (Phi) is 6.08. The number of amides is 2. The normalized spacial score (nSPS) is 24.0. The van der Waals surface area contributed by atoms with Crippen LogP contribution in [0, 0.1) is 18.8 Å². The van der Waals surface area contributed by atoms with E-state index in [-0.39, 0.29) is 17.7 Å². The highest BCUT2D eigenvalue weighted by Crippen LogP contribution is 2.19. The second kappa shape index (κ2) is 8.48. The van der Waals surface area contributed by atoms with Gasteiger partial charge < -0.3 is 15.5 Å². The van der Waals surface area contributed by atoms with Crippen molar-refractivity contribution in [3.8, 4) is 0 Å². The van der Waals surface area contributed by atoms with Gasteiger partial charge in [-0.05, 0) is 63.7 Å². The number of nitrogens with zero attached hydrogens (tertiary/aromatic N) is 1. The number of carbonyl (C=O) groups excluding carboxylic acids is 2. The Labute approximate surface area is 150 Å². The van der Waals surface area contributed by atoms with Gasteiger partial charge in [0.05, 0.1) is 5.92 Å². The summed E-state index contributed by atoms with van der Waals surface area (Å²) in [6.07, 6.45) is 4.12. The molecule has 2 aliphatic rings. The van der Waals surface area contributed by atoms with Crippen molar-refractivity contribution in [2.45, 2.75) is 32.6 Å². The average molecular weight is 343 g/mol. The highest BCUT2D eigenvalue weighted by Gasteiger charge is 2.29. The number of carbonyl (C=O) groups is 2. The Bertz CT molecular complexity index is 593. The van der Waals surface area contributed by atoms with E-state index >= 15 is 0 Å². The van der Waals surface area contributed by atoms with E-state index in [1.54, 1.807) is 0 Å². The lowest BCUT2D eigenvalue weighted by atomic mass is 9.95. The van der Waals surface area contributed by atoms with Gasteiger partial charge in [-0.1, -0.05) is 17.7 Å². The number of piperidine rings is 2.